The highest BCUT2D eigenvalue weighted by molar-refractivity contribution is 6.02. The van der Waals surface area contributed by atoms with Crippen LogP contribution < -0.4 is 10.7 Å². The van der Waals surface area contributed by atoms with Crippen LogP contribution in [0.3, 0.4) is 0 Å². The summed E-state index contributed by atoms with van der Waals surface area (Å²) in [6.45, 7) is 2.85. The third-order valence-electron chi connectivity index (χ3n) is 4.22. The van der Waals surface area contributed by atoms with E-state index in [2.05, 4.69) is 5.32 Å². The zero-order valence-electron chi connectivity index (χ0n) is 13.8. The second-order valence-corrected chi connectivity index (χ2v) is 5.94. The Labute approximate surface area is 144 Å². The van der Waals surface area contributed by atoms with Crippen molar-refractivity contribution >= 4 is 16.7 Å². The van der Waals surface area contributed by atoms with Crippen LogP contribution >= 0.6 is 0 Å². The Balaban J connectivity index is 2.11. The predicted molar refractivity (Wildman–Crippen MR) is 98.2 cm³/mol. The number of halogens is 1. The van der Waals surface area contributed by atoms with E-state index >= 15 is 0 Å². The molecule has 2 aromatic rings. The average Bonchev–Trinajstić information content (AvgIpc) is 2.59. The van der Waals surface area contributed by atoms with Gasteiger partial charge >= 0.3 is 0 Å². The number of benzene rings is 3. The summed E-state index contributed by atoms with van der Waals surface area (Å²) < 4.78 is 19.9. The molecule has 2 N–H and O–H groups in total. The first-order chi connectivity index (χ1) is 12.2. The molecule has 0 spiro atoms. The van der Waals surface area contributed by atoms with Crippen LogP contribution in [-0.2, 0) is 0 Å². The molecular formula is C21H17FN2O. The molecule has 25 heavy (non-hydrogen) atoms. The van der Waals surface area contributed by atoms with Crippen LogP contribution in [0.4, 0.5) is 10.1 Å². The molecule has 4 rings (SSSR count). The SMILES string of the molecule is CCNc1ccc2c(-c3cccc(F)c3)c3ccc(=N)cc-3oc2c1. The van der Waals surface area contributed by atoms with Crippen LogP contribution in [-0.4, -0.2) is 6.54 Å². The van der Waals surface area contributed by atoms with Crippen LogP contribution in [0.5, 0.6) is 0 Å². The van der Waals surface area contributed by atoms with E-state index in [-0.39, 0.29) is 5.82 Å². The summed E-state index contributed by atoms with van der Waals surface area (Å²) in [5.74, 6) is 0.342. The summed E-state index contributed by atoms with van der Waals surface area (Å²) in [6.07, 6.45) is 0. The molecule has 1 aliphatic carbocycles. The molecule has 3 nitrogen and oxygen atoms in total. The molecule has 0 radical (unpaired) electrons. The van der Waals surface area contributed by atoms with Gasteiger partial charge in [0.25, 0.3) is 0 Å². The molecule has 0 aromatic heterocycles. The summed E-state index contributed by atoms with van der Waals surface area (Å²) in [5.41, 5.74) is 4.24. The topological polar surface area (TPSA) is 49.0 Å². The predicted octanol–water partition coefficient (Wildman–Crippen LogP) is 5.25. The molecule has 2 aliphatic rings. The maximum Gasteiger partial charge on any atom is 0.137 e. The van der Waals surface area contributed by atoms with Crippen molar-refractivity contribution in [2.45, 2.75) is 6.92 Å². The highest BCUT2D eigenvalue weighted by atomic mass is 19.1. The summed E-state index contributed by atoms with van der Waals surface area (Å²) in [4.78, 5) is 0. The van der Waals surface area contributed by atoms with Crippen LogP contribution in [0.2, 0.25) is 0 Å². The van der Waals surface area contributed by atoms with Gasteiger partial charge in [0.15, 0.2) is 0 Å². The second-order valence-electron chi connectivity index (χ2n) is 5.94. The molecule has 2 aromatic carbocycles. The van der Waals surface area contributed by atoms with E-state index in [9.17, 15) is 4.39 Å². The van der Waals surface area contributed by atoms with Crippen molar-refractivity contribution < 1.29 is 8.81 Å². The smallest absolute Gasteiger partial charge is 0.137 e. The second kappa shape index (κ2) is 6.06. The van der Waals surface area contributed by atoms with E-state index in [1.54, 1.807) is 18.2 Å². The Kier molecular flexibility index (Phi) is 3.73. The van der Waals surface area contributed by atoms with Gasteiger partial charge < -0.3 is 15.1 Å². The van der Waals surface area contributed by atoms with Crippen molar-refractivity contribution in [3.05, 3.63) is 71.8 Å². The minimum atomic E-state index is -0.277. The Bertz CT molecular complexity index is 1100. The average molecular weight is 332 g/mol. The van der Waals surface area contributed by atoms with Gasteiger partial charge in [0.2, 0.25) is 0 Å². The lowest BCUT2D eigenvalue weighted by Gasteiger charge is -2.16. The standard InChI is InChI=1S/C21H17FN2O/c1-2-24-16-7-9-18-20(12-16)25-19-11-15(23)6-8-17(19)21(18)13-4-3-5-14(22)10-13/h3-12,23-24H,2H2,1H3. The zero-order chi connectivity index (χ0) is 17.4. The fraction of sp³-hybridized carbons (Fsp3) is 0.0952. The van der Waals surface area contributed by atoms with Crippen molar-refractivity contribution in [1.82, 2.24) is 0 Å². The first-order valence-corrected chi connectivity index (χ1v) is 8.21. The van der Waals surface area contributed by atoms with Crippen molar-refractivity contribution in [1.29, 1.82) is 5.41 Å². The summed E-state index contributed by atoms with van der Waals surface area (Å²) in [6, 6.07) is 17.8. The molecule has 0 fully saturated rings. The molecule has 0 saturated heterocycles. The van der Waals surface area contributed by atoms with Crippen molar-refractivity contribution in [2.24, 2.45) is 0 Å². The normalized spacial score (nSPS) is 11.1. The lowest BCUT2D eigenvalue weighted by Crippen LogP contribution is -2.01. The molecule has 0 saturated carbocycles. The van der Waals surface area contributed by atoms with Gasteiger partial charge in [-0.2, -0.15) is 0 Å². The van der Waals surface area contributed by atoms with Gasteiger partial charge in [-0.1, -0.05) is 12.1 Å². The highest BCUT2D eigenvalue weighted by Gasteiger charge is 2.17. The first-order valence-electron chi connectivity index (χ1n) is 8.21. The van der Waals surface area contributed by atoms with Crippen molar-refractivity contribution in [2.75, 3.05) is 11.9 Å². The number of fused-ring (bicyclic) bond motifs is 2. The van der Waals surface area contributed by atoms with Crippen LogP contribution in [0.1, 0.15) is 6.92 Å². The van der Waals surface area contributed by atoms with Crippen molar-refractivity contribution in [3.63, 3.8) is 0 Å². The van der Waals surface area contributed by atoms with Gasteiger partial charge in [-0.3, -0.25) is 0 Å². The third-order valence-corrected chi connectivity index (χ3v) is 4.22. The number of rotatable bonds is 3. The molecule has 1 heterocycles. The summed E-state index contributed by atoms with van der Waals surface area (Å²) in [5, 5.41) is 12.4. The minimum Gasteiger partial charge on any atom is -0.456 e. The van der Waals surface area contributed by atoms with Gasteiger partial charge in [0.05, 0.1) is 5.36 Å². The maximum atomic E-state index is 13.8. The fourth-order valence-electron chi connectivity index (χ4n) is 3.16. The van der Waals surface area contributed by atoms with Crippen molar-refractivity contribution in [3.8, 4) is 22.5 Å². The Morgan fingerprint density at radius 2 is 1.92 bits per heavy atom. The third kappa shape index (κ3) is 2.76. The molecule has 4 heteroatoms. The van der Waals surface area contributed by atoms with Gasteiger partial charge in [-0.05, 0) is 48.9 Å². The molecule has 124 valence electrons. The van der Waals surface area contributed by atoms with Gasteiger partial charge in [0, 0.05) is 40.9 Å². The molecule has 0 atom stereocenters. The lowest BCUT2D eigenvalue weighted by molar-refractivity contribution is 0.618. The highest BCUT2D eigenvalue weighted by Crippen LogP contribution is 2.40. The van der Waals surface area contributed by atoms with Gasteiger partial charge in [-0.25, -0.2) is 4.39 Å². The Morgan fingerprint density at radius 3 is 2.72 bits per heavy atom. The molecule has 1 aliphatic heterocycles. The van der Waals surface area contributed by atoms with Crippen LogP contribution in [0.15, 0.2) is 65.1 Å². The zero-order valence-corrected chi connectivity index (χ0v) is 13.8. The van der Waals surface area contributed by atoms with Gasteiger partial charge in [-0.15, -0.1) is 0 Å². The fourth-order valence-corrected chi connectivity index (χ4v) is 3.16. The van der Waals surface area contributed by atoms with Crippen LogP contribution in [0.25, 0.3) is 33.4 Å². The summed E-state index contributed by atoms with van der Waals surface area (Å²) >= 11 is 0. The van der Waals surface area contributed by atoms with E-state index < -0.39 is 0 Å². The largest absolute Gasteiger partial charge is 0.456 e. The Hall–Kier alpha value is -3.14. The van der Waals surface area contributed by atoms with Crippen LogP contribution in [0, 0.1) is 11.2 Å². The monoisotopic (exact) mass is 332 g/mol. The minimum absolute atomic E-state index is 0.277. The van der Waals surface area contributed by atoms with E-state index in [1.807, 2.05) is 37.3 Å². The van der Waals surface area contributed by atoms with E-state index in [0.29, 0.717) is 16.7 Å². The Morgan fingerprint density at radius 1 is 1.04 bits per heavy atom. The number of hydrogen-bond acceptors (Lipinski definition) is 3. The van der Waals surface area contributed by atoms with E-state index in [1.165, 1.54) is 12.1 Å². The van der Waals surface area contributed by atoms with Gasteiger partial charge in [0.1, 0.15) is 17.2 Å². The molecule has 0 amide bonds. The summed E-state index contributed by atoms with van der Waals surface area (Å²) in [7, 11) is 0. The quantitative estimate of drug-likeness (QED) is 0.503. The van der Waals surface area contributed by atoms with E-state index in [0.717, 1.165) is 34.3 Å². The molecule has 0 unspecified atom stereocenters. The van der Waals surface area contributed by atoms with E-state index in [4.69, 9.17) is 9.83 Å². The number of anilines is 1. The molecule has 0 bridgehead atoms. The number of hydrogen-bond donors (Lipinski definition) is 2. The maximum absolute atomic E-state index is 13.8. The number of nitrogens with one attached hydrogen (secondary N) is 2. The first kappa shape index (κ1) is 15.4. The molecular weight excluding hydrogens is 315 g/mol. The lowest BCUT2D eigenvalue weighted by atomic mass is 9.93.